The van der Waals surface area contributed by atoms with Crippen molar-refractivity contribution >= 4 is 8.65 Å². The summed E-state index contributed by atoms with van der Waals surface area (Å²) in [6.07, 6.45) is 0. The van der Waals surface area contributed by atoms with Crippen LogP contribution in [0.2, 0.25) is 0 Å². The van der Waals surface area contributed by atoms with Crippen LogP contribution in [0.1, 0.15) is 0 Å². The van der Waals surface area contributed by atoms with Gasteiger partial charge in [0.25, 0.3) is 0 Å². The van der Waals surface area contributed by atoms with Crippen LogP contribution < -0.4 is 0 Å². The first-order valence-corrected chi connectivity index (χ1v) is 5.81. The van der Waals surface area contributed by atoms with Gasteiger partial charge in [0.1, 0.15) is 0 Å². The van der Waals surface area contributed by atoms with Gasteiger partial charge in [0.15, 0.2) is 0 Å². The van der Waals surface area contributed by atoms with Crippen LogP contribution in [0.3, 0.4) is 0 Å². The maximum Gasteiger partial charge on any atom is 2.00 e. The average molecular weight is 226 g/mol. The average Bonchev–Trinajstić information content (AvgIpc) is 1.00. The van der Waals surface area contributed by atoms with Crippen molar-refractivity contribution in [2.24, 2.45) is 0 Å². The summed E-state index contributed by atoms with van der Waals surface area (Å²) in [4.78, 5) is 0. The summed E-state index contributed by atoms with van der Waals surface area (Å²) in [5.41, 5.74) is 0. The van der Waals surface area contributed by atoms with Gasteiger partial charge in [-0.25, -0.2) is 0 Å². The second-order valence-electron chi connectivity index (χ2n) is 0. The van der Waals surface area contributed by atoms with Crippen molar-refractivity contribution in [3.05, 3.63) is 0 Å². The maximum atomic E-state index is 4.25. The molecular weight excluding hydrogens is 226 g/mol. The second-order valence-corrected chi connectivity index (χ2v) is 0. The molecule has 0 spiro atoms. The fourth-order valence-electron chi connectivity index (χ4n) is 0. The van der Waals surface area contributed by atoms with Crippen molar-refractivity contribution in [3.63, 3.8) is 0 Å². The van der Waals surface area contributed by atoms with E-state index in [9.17, 15) is 0 Å². The summed E-state index contributed by atoms with van der Waals surface area (Å²) >= 11 is 0.733. The third-order valence-corrected chi connectivity index (χ3v) is 0. The monoisotopic (exact) mass is 226 g/mol. The molecular formula is CdOSZn. The zero-order valence-electron chi connectivity index (χ0n) is 2.23. The molecule has 0 saturated heterocycles. The molecule has 0 bridgehead atoms. The van der Waals surface area contributed by atoms with Gasteiger partial charge in [0.2, 0.25) is 0 Å². The summed E-state index contributed by atoms with van der Waals surface area (Å²) in [5.74, 6) is 0. The minimum atomic E-state index is 0. The fraction of sp³-hybridized carbons (Fsp3) is 0. The second kappa shape index (κ2) is 22.0. The molecule has 0 N–H and O–H groups in total. The van der Waals surface area contributed by atoms with Crippen LogP contribution in [-0.2, 0) is 48.6 Å². The van der Waals surface area contributed by atoms with E-state index in [1.807, 2.05) is 0 Å². The third-order valence-electron chi connectivity index (χ3n) is 0. The van der Waals surface area contributed by atoms with Crippen molar-refractivity contribution in [2.45, 2.75) is 0 Å². The first-order chi connectivity index (χ1) is 1.00. The normalized spacial score (nSPS) is 1.50. The van der Waals surface area contributed by atoms with Gasteiger partial charge in [0, 0.05) is 0 Å². The van der Waals surface area contributed by atoms with Crippen molar-refractivity contribution < 1.29 is 48.6 Å². The summed E-state index contributed by atoms with van der Waals surface area (Å²) in [5, 5.41) is 0. The van der Waals surface area contributed by atoms with Crippen molar-refractivity contribution in [3.8, 4) is 0 Å². The molecule has 0 rings (SSSR count). The zero-order chi connectivity index (χ0) is 2.00. The summed E-state index contributed by atoms with van der Waals surface area (Å²) in [6, 6.07) is 0. The van der Waals surface area contributed by atoms with E-state index < -0.39 is 0 Å². The van der Waals surface area contributed by atoms with Crippen LogP contribution in [0.4, 0.5) is 0 Å². The van der Waals surface area contributed by atoms with Crippen molar-refractivity contribution in [2.75, 3.05) is 0 Å². The van der Waals surface area contributed by atoms with Crippen LogP contribution >= 0.6 is 8.65 Å². The van der Waals surface area contributed by atoms with Gasteiger partial charge in [-0.3, -0.25) is 0 Å². The Bertz CT molecular complexity index is 8.00. The molecule has 0 aliphatic heterocycles. The van der Waals surface area contributed by atoms with E-state index >= 15 is 0 Å². The number of hydrogen-bond donors (Lipinski definition) is 0. The SMILES string of the molecule is [O-2].[S]=[Cd].[Zn+2]. The van der Waals surface area contributed by atoms with Crippen LogP contribution in [0.5, 0.6) is 0 Å². The molecule has 0 aliphatic carbocycles. The Balaban J connectivity index is -0.00000000500. The Kier molecular flexibility index (Phi) is 94.8. The first kappa shape index (κ1) is 17.2. The standard InChI is InChI=1S/Cd.O.S.Zn/q;-2;;+2. The van der Waals surface area contributed by atoms with Crippen molar-refractivity contribution in [1.82, 2.24) is 0 Å². The Morgan fingerprint density at radius 2 is 1.25 bits per heavy atom. The molecule has 0 atom stereocenters. The van der Waals surface area contributed by atoms with E-state index in [4.69, 9.17) is 0 Å². The van der Waals surface area contributed by atoms with E-state index in [1.54, 1.807) is 0 Å². The molecule has 0 heterocycles. The van der Waals surface area contributed by atoms with Crippen LogP contribution in [-0.4, -0.2) is 0 Å². The number of hydrogen-bond acceptors (Lipinski definition) is 1. The molecule has 0 saturated carbocycles. The molecule has 0 amide bonds. The molecule has 4 heteroatoms. The molecule has 0 aliphatic rings. The van der Waals surface area contributed by atoms with Gasteiger partial charge in [-0.05, 0) is 0 Å². The molecule has 1 nitrogen and oxygen atoms in total. The van der Waals surface area contributed by atoms with E-state index in [1.165, 1.54) is 0 Å². The van der Waals surface area contributed by atoms with Gasteiger partial charge in [-0.1, -0.05) is 0 Å². The molecule has 16 valence electrons. The van der Waals surface area contributed by atoms with Gasteiger partial charge < -0.3 is 5.48 Å². The third kappa shape index (κ3) is 9.30. The molecule has 0 aromatic heterocycles. The fourth-order valence-corrected chi connectivity index (χ4v) is 0. The Morgan fingerprint density at radius 1 is 1.25 bits per heavy atom. The van der Waals surface area contributed by atoms with Gasteiger partial charge >= 0.3 is 51.8 Å². The van der Waals surface area contributed by atoms with E-state index in [2.05, 4.69) is 8.65 Å². The number of rotatable bonds is 0. The zero-order valence-corrected chi connectivity index (χ0v) is 10.1. The van der Waals surface area contributed by atoms with E-state index in [-0.39, 0.29) is 25.0 Å². The minimum absolute atomic E-state index is 0. The van der Waals surface area contributed by atoms with Crippen molar-refractivity contribution in [1.29, 1.82) is 0 Å². The molecule has 0 fully saturated rings. The quantitative estimate of drug-likeness (QED) is 0.553. The predicted molar refractivity (Wildman–Crippen MR) is 8.28 cm³/mol. The van der Waals surface area contributed by atoms with Crippen LogP contribution in [0, 0.1) is 0 Å². The molecule has 0 radical (unpaired) electrons. The first-order valence-electron chi connectivity index (χ1n) is 0.289. The summed E-state index contributed by atoms with van der Waals surface area (Å²) in [6.45, 7) is 0. The Labute approximate surface area is 56.7 Å². The van der Waals surface area contributed by atoms with Gasteiger partial charge in [0.05, 0.1) is 0 Å². The predicted octanol–water partition coefficient (Wildman–Crippen LogP) is 0.524. The molecule has 0 aromatic rings. The Hall–Kier alpha value is 1.73. The van der Waals surface area contributed by atoms with Crippen LogP contribution in [0.25, 0.3) is 0 Å². The van der Waals surface area contributed by atoms with E-state index in [0.717, 1.165) is 23.7 Å². The van der Waals surface area contributed by atoms with Gasteiger partial charge in [-0.15, -0.1) is 0 Å². The van der Waals surface area contributed by atoms with E-state index in [0.29, 0.717) is 0 Å². The Morgan fingerprint density at radius 3 is 1.25 bits per heavy atom. The molecule has 4 heavy (non-hydrogen) atoms. The van der Waals surface area contributed by atoms with Gasteiger partial charge in [-0.2, -0.15) is 0 Å². The topological polar surface area (TPSA) is 28.5 Å². The summed E-state index contributed by atoms with van der Waals surface area (Å²) in [7, 11) is 4.25. The molecule has 0 aromatic carbocycles. The van der Waals surface area contributed by atoms with Crippen LogP contribution in [0.15, 0.2) is 0 Å². The minimum Gasteiger partial charge on any atom is 2.00 e. The summed E-state index contributed by atoms with van der Waals surface area (Å²) < 4.78 is 0. The molecule has 0 unspecified atom stereocenters. The largest absolute Gasteiger partial charge is 2.00 e. The smallest absolute Gasteiger partial charge is 2.00 e. The maximum absolute atomic E-state index is 4.25.